The van der Waals surface area contributed by atoms with Crippen molar-refractivity contribution in [1.29, 1.82) is 0 Å². The zero-order chi connectivity index (χ0) is 24.7. The highest BCUT2D eigenvalue weighted by Gasteiger charge is 2.42. The minimum atomic E-state index is -2.26. The number of benzene rings is 2. The summed E-state index contributed by atoms with van der Waals surface area (Å²) in [7, 11) is -1.19. The lowest BCUT2D eigenvalue weighted by atomic mass is 10.0. The molecule has 0 aliphatic heterocycles. The highest BCUT2D eigenvalue weighted by molar-refractivity contribution is 6.75. The van der Waals surface area contributed by atoms with Gasteiger partial charge in [0.05, 0.1) is 30.6 Å². The SMILES string of the molecule is COc1ccc(OC)c2c(O[Si](C)(C)C(C)(C)C)c(C=O)cc(O[Si](C)(C)C(C)(C)C)c12. The second kappa shape index (κ2) is 8.74. The number of hydrogen-bond acceptors (Lipinski definition) is 5. The number of carbonyl (C=O) groups is 1. The number of aldehydes is 1. The van der Waals surface area contributed by atoms with E-state index in [1.165, 1.54) is 0 Å². The molecule has 2 aromatic rings. The van der Waals surface area contributed by atoms with Gasteiger partial charge in [0.2, 0.25) is 0 Å². The molecule has 0 bridgehead atoms. The average Bonchev–Trinajstić information content (AvgIpc) is 2.66. The molecule has 0 radical (unpaired) electrons. The molecule has 0 spiro atoms. The monoisotopic (exact) mass is 476 g/mol. The maximum Gasteiger partial charge on any atom is 0.250 e. The summed E-state index contributed by atoms with van der Waals surface area (Å²) < 4.78 is 24.9. The van der Waals surface area contributed by atoms with Gasteiger partial charge >= 0.3 is 0 Å². The Bertz CT molecular complexity index is 998. The van der Waals surface area contributed by atoms with Gasteiger partial charge in [0, 0.05) is 0 Å². The van der Waals surface area contributed by atoms with Gasteiger partial charge in [-0.25, -0.2) is 0 Å². The van der Waals surface area contributed by atoms with Gasteiger partial charge in [0.1, 0.15) is 23.0 Å². The van der Waals surface area contributed by atoms with Crippen LogP contribution in [0.3, 0.4) is 0 Å². The third kappa shape index (κ3) is 4.83. The lowest BCUT2D eigenvalue weighted by Gasteiger charge is -2.38. The molecule has 0 aliphatic carbocycles. The Morgan fingerprint density at radius 1 is 0.719 bits per heavy atom. The zero-order valence-electron chi connectivity index (χ0n) is 21.9. The van der Waals surface area contributed by atoms with Crippen molar-refractivity contribution < 1.29 is 23.1 Å². The molecule has 32 heavy (non-hydrogen) atoms. The molecule has 0 saturated carbocycles. The van der Waals surface area contributed by atoms with Crippen LogP contribution in [0.15, 0.2) is 18.2 Å². The number of ether oxygens (including phenoxy) is 2. The standard InChI is InChI=1S/C25H40O5Si2/c1-24(2,3)31(9,10)29-20-15-17(16-26)23(30-32(11,12)25(4,5)6)22-19(28-8)14-13-18(27-7)21(20)22/h13-16H,1-12H3. The average molecular weight is 477 g/mol. The van der Waals surface area contributed by atoms with Crippen LogP contribution in [0.2, 0.25) is 36.3 Å². The van der Waals surface area contributed by atoms with Gasteiger partial charge in [-0.1, -0.05) is 41.5 Å². The van der Waals surface area contributed by atoms with Gasteiger partial charge < -0.3 is 18.3 Å². The third-order valence-corrected chi connectivity index (χ3v) is 15.7. The predicted molar refractivity (Wildman–Crippen MR) is 138 cm³/mol. The number of fused-ring (bicyclic) bond motifs is 1. The molecular formula is C25H40O5Si2. The van der Waals surface area contributed by atoms with E-state index in [0.29, 0.717) is 28.6 Å². The lowest BCUT2D eigenvalue weighted by Crippen LogP contribution is -2.44. The summed E-state index contributed by atoms with van der Waals surface area (Å²) in [5.41, 5.74) is 0.461. The van der Waals surface area contributed by atoms with Gasteiger partial charge in [-0.05, 0) is 54.5 Å². The van der Waals surface area contributed by atoms with E-state index in [-0.39, 0.29) is 10.1 Å². The normalized spacial score (nSPS) is 13.1. The maximum absolute atomic E-state index is 12.3. The van der Waals surface area contributed by atoms with Crippen LogP contribution in [0.1, 0.15) is 51.9 Å². The van der Waals surface area contributed by atoms with Crippen molar-refractivity contribution in [2.75, 3.05) is 14.2 Å². The van der Waals surface area contributed by atoms with Crippen molar-refractivity contribution in [3.63, 3.8) is 0 Å². The molecule has 0 fully saturated rings. The van der Waals surface area contributed by atoms with Crippen LogP contribution in [-0.4, -0.2) is 37.1 Å². The van der Waals surface area contributed by atoms with Gasteiger partial charge in [-0.15, -0.1) is 0 Å². The molecule has 0 atom stereocenters. The highest BCUT2D eigenvalue weighted by atomic mass is 28.4. The molecule has 0 N–H and O–H groups in total. The van der Waals surface area contributed by atoms with Crippen LogP contribution in [0.4, 0.5) is 0 Å². The van der Waals surface area contributed by atoms with Gasteiger partial charge in [0.15, 0.2) is 6.29 Å². The van der Waals surface area contributed by atoms with E-state index in [2.05, 4.69) is 67.7 Å². The van der Waals surface area contributed by atoms with Crippen LogP contribution in [-0.2, 0) is 0 Å². The first-order valence-corrected chi connectivity index (χ1v) is 16.9. The number of hydrogen-bond donors (Lipinski definition) is 0. The summed E-state index contributed by atoms with van der Waals surface area (Å²) in [4.78, 5) is 12.3. The molecule has 0 aliphatic rings. The van der Waals surface area contributed by atoms with Crippen molar-refractivity contribution in [3.8, 4) is 23.0 Å². The van der Waals surface area contributed by atoms with Gasteiger partial charge in [-0.2, -0.15) is 0 Å². The van der Waals surface area contributed by atoms with E-state index >= 15 is 0 Å². The number of methoxy groups -OCH3 is 2. The Kier molecular flexibility index (Phi) is 7.17. The Labute approximate surface area is 195 Å². The van der Waals surface area contributed by atoms with E-state index in [1.54, 1.807) is 20.3 Å². The Balaban J connectivity index is 2.97. The van der Waals surface area contributed by atoms with E-state index in [4.69, 9.17) is 18.3 Å². The van der Waals surface area contributed by atoms with Crippen molar-refractivity contribution in [1.82, 2.24) is 0 Å². The van der Waals surface area contributed by atoms with Crippen LogP contribution in [0.5, 0.6) is 23.0 Å². The van der Waals surface area contributed by atoms with E-state index in [1.807, 2.05) is 12.1 Å². The van der Waals surface area contributed by atoms with Crippen molar-refractivity contribution in [2.24, 2.45) is 0 Å². The smallest absolute Gasteiger partial charge is 0.250 e. The Hall–Kier alpha value is -2.00. The van der Waals surface area contributed by atoms with E-state index < -0.39 is 16.6 Å². The van der Waals surface area contributed by atoms with Crippen molar-refractivity contribution >= 4 is 33.7 Å². The molecule has 0 aromatic heterocycles. The number of rotatable bonds is 7. The lowest BCUT2D eigenvalue weighted by molar-refractivity contribution is 0.112. The summed E-state index contributed by atoms with van der Waals surface area (Å²) in [5.74, 6) is 2.46. The molecular weight excluding hydrogens is 436 g/mol. The fraction of sp³-hybridized carbons (Fsp3) is 0.560. The minimum Gasteiger partial charge on any atom is -0.543 e. The largest absolute Gasteiger partial charge is 0.543 e. The molecule has 0 amide bonds. The molecule has 0 saturated heterocycles. The number of carbonyl (C=O) groups excluding carboxylic acids is 1. The summed E-state index contributed by atoms with van der Waals surface area (Å²) in [6, 6.07) is 5.53. The second-order valence-electron chi connectivity index (χ2n) is 11.4. The van der Waals surface area contributed by atoms with Crippen molar-refractivity contribution in [3.05, 3.63) is 23.8 Å². The molecule has 5 nitrogen and oxygen atoms in total. The molecule has 2 rings (SSSR count). The summed E-state index contributed by atoms with van der Waals surface area (Å²) in [6.45, 7) is 21.8. The fourth-order valence-corrected chi connectivity index (χ4v) is 4.97. The first-order valence-electron chi connectivity index (χ1n) is 11.1. The Morgan fingerprint density at radius 3 is 1.56 bits per heavy atom. The zero-order valence-corrected chi connectivity index (χ0v) is 23.9. The first kappa shape index (κ1) is 26.3. The molecule has 0 heterocycles. The van der Waals surface area contributed by atoms with E-state index in [0.717, 1.165) is 17.1 Å². The first-order chi connectivity index (χ1) is 14.5. The second-order valence-corrected chi connectivity index (χ2v) is 20.8. The summed E-state index contributed by atoms with van der Waals surface area (Å²) in [6.07, 6.45) is 0.847. The molecule has 2 aromatic carbocycles. The topological polar surface area (TPSA) is 54.0 Å². The van der Waals surface area contributed by atoms with Gasteiger partial charge in [0.25, 0.3) is 16.6 Å². The van der Waals surface area contributed by atoms with Gasteiger partial charge in [-0.3, -0.25) is 4.79 Å². The van der Waals surface area contributed by atoms with Crippen LogP contribution in [0, 0.1) is 0 Å². The minimum absolute atomic E-state index is 0.0108. The molecule has 178 valence electrons. The predicted octanol–water partition coefficient (Wildman–Crippen LogP) is 7.44. The highest BCUT2D eigenvalue weighted by Crippen LogP contribution is 2.50. The summed E-state index contributed by atoms with van der Waals surface area (Å²) >= 11 is 0. The fourth-order valence-electron chi connectivity index (χ4n) is 2.91. The molecule has 0 unspecified atom stereocenters. The Morgan fingerprint density at radius 2 is 1.16 bits per heavy atom. The van der Waals surface area contributed by atoms with Crippen LogP contribution < -0.4 is 18.3 Å². The third-order valence-electron chi connectivity index (χ3n) is 7.05. The van der Waals surface area contributed by atoms with Crippen LogP contribution in [0.25, 0.3) is 10.8 Å². The van der Waals surface area contributed by atoms with E-state index in [9.17, 15) is 4.79 Å². The van der Waals surface area contributed by atoms with Crippen LogP contribution >= 0.6 is 0 Å². The summed E-state index contributed by atoms with van der Waals surface area (Å²) in [5, 5.41) is 1.44. The maximum atomic E-state index is 12.3. The quantitative estimate of drug-likeness (QED) is 0.307. The molecule has 7 heteroatoms. The van der Waals surface area contributed by atoms with Crippen molar-refractivity contribution in [2.45, 2.75) is 77.8 Å².